The van der Waals surface area contributed by atoms with Crippen LogP contribution in [0.3, 0.4) is 0 Å². The number of benzene rings is 1. The van der Waals surface area contributed by atoms with E-state index >= 15 is 0 Å². The first-order valence-corrected chi connectivity index (χ1v) is 7.39. The van der Waals surface area contributed by atoms with Gasteiger partial charge in [0.1, 0.15) is 11.9 Å². The zero-order valence-corrected chi connectivity index (χ0v) is 12.7. The predicted molar refractivity (Wildman–Crippen MR) is 77.4 cm³/mol. The van der Waals surface area contributed by atoms with Crippen molar-refractivity contribution in [1.29, 1.82) is 0 Å². The quantitative estimate of drug-likeness (QED) is 0.902. The van der Waals surface area contributed by atoms with Gasteiger partial charge in [-0.1, -0.05) is 13.0 Å². The van der Waals surface area contributed by atoms with Gasteiger partial charge in [-0.25, -0.2) is 0 Å². The summed E-state index contributed by atoms with van der Waals surface area (Å²) in [6.45, 7) is 4.60. The molecule has 1 aromatic carbocycles. The van der Waals surface area contributed by atoms with Crippen molar-refractivity contribution in [2.45, 2.75) is 25.5 Å². The van der Waals surface area contributed by atoms with Crippen molar-refractivity contribution in [1.82, 2.24) is 0 Å². The second-order valence-corrected chi connectivity index (χ2v) is 5.40. The number of ether oxygens (including phenoxy) is 3. The molecule has 0 aromatic heterocycles. The van der Waals surface area contributed by atoms with E-state index in [1.54, 1.807) is 0 Å². The Morgan fingerprint density at radius 3 is 2.95 bits per heavy atom. The molecular formula is C14H20BrNO3. The van der Waals surface area contributed by atoms with Crippen molar-refractivity contribution in [3.63, 3.8) is 0 Å². The minimum atomic E-state index is -0.183. The monoisotopic (exact) mass is 329 g/mol. The lowest BCUT2D eigenvalue weighted by atomic mass is 10.0. The summed E-state index contributed by atoms with van der Waals surface area (Å²) in [5.74, 6) is 0.846. The zero-order chi connectivity index (χ0) is 13.7. The molecule has 0 bridgehead atoms. The SMILES string of the molecule is CCCOc1ccc(C(N)C2COCCO2)cc1Br. The molecular weight excluding hydrogens is 310 g/mol. The number of halogens is 1. The summed E-state index contributed by atoms with van der Waals surface area (Å²) in [6, 6.07) is 5.74. The molecule has 2 atom stereocenters. The largest absolute Gasteiger partial charge is 0.492 e. The molecule has 1 aliphatic rings. The third-order valence-electron chi connectivity index (χ3n) is 3.04. The van der Waals surface area contributed by atoms with Crippen molar-refractivity contribution in [2.75, 3.05) is 26.4 Å². The van der Waals surface area contributed by atoms with E-state index < -0.39 is 0 Å². The lowest BCUT2D eigenvalue weighted by molar-refractivity contribution is -0.0975. The Balaban J connectivity index is 2.05. The van der Waals surface area contributed by atoms with Gasteiger partial charge in [-0.15, -0.1) is 0 Å². The van der Waals surface area contributed by atoms with Crippen LogP contribution in [-0.2, 0) is 9.47 Å². The van der Waals surface area contributed by atoms with Gasteiger partial charge in [0.2, 0.25) is 0 Å². The fourth-order valence-electron chi connectivity index (χ4n) is 1.98. The molecule has 1 heterocycles. The highest BCUT2D eigenvalue weighted by molar-refractivity contribution is 9.10. The summed E-state index contributed by atoms with van der Waals surface area (Å²) in [6.07, 6.45) is 0.907. The van der Waals surface area contributed by atoms with Gasteiger partial charge in [0.25, 0.3) is 0 Å². The van der Waals surface area contributed by atoms with Gasteiger partial charge in [-0.3, -0.25) is 0 Å². The minimum Gasteiger partial charge on any atom is -0.492 e. The van der Waals surface area contributed by atoms with Crippen LogP contribution >= 0.6 is 15.9 Å². The van der Waals surface area contributed by atoms with E-state index in [0.717, 1.165) is 22.2 Å². The fraction of sp³-hybridized carbons (Fsp3) is 0.571. The smallest absolute Gasteiger partial charge is 0.133 e. The van der Waals surface area contributed by atoms with Crippen LogP contribution in [-0.4, -0.2) is 32.5 Å². The Labute approximate surface area is 122 Å². The third kappa shape index (κ3) is 3.92. The van der Waals surface area contributed by atoms with Gasteiger partial charge in [-0.2, -0.15) is 0 Å². The first-order valence-electron chi connectivity index (χ1n) is 6.59. The van der Waals surface area contributed by atoms with Crippen LogP contribution < -0.4 is 10.5 Å². The molecule has 2 N–H and O–H groups in total. The van der Waals surface area contributed by atoms with Crippen LogP contribution in [0.25, 0.3) is 0 Å². The Hall–Kier alpha value is -0.620. The Morgan fingerprint density at radius 2 is 2.32 bits per heavy atom. The molecule has 0 saturated carbocycles. The molecule has 2 rings (SSSR count). The molecule has 1 aromatic rings. The van der Waals surface area contributed by atoms with Crippen LogP contribution in [0.1, 0.15) is 24.9 Å². The molecule has 4 nitrogen and oxygen atoms in total. The molecule has 0 spiro atoms. The van der Waals surface area contributed by atoms with Crippen molar-refractivity contribution >= 4 is 15.9 Å². The lowest BCUT2D eigenvalue weighted by Gasteiger charge is -2.28. The molecule has 0 aliphatic carbocycles. The maximum Gasteiger partial charge on any atom is 0.133 e. The summed E-state index contributed by atoms with van der Waals surface area (Å²) in [5.41, 5.74) is 7.24. The molecule has 19 heavy (non-hydrogen) atoms. The molecule has 2 unspecified atom stereocenters. The highest BCUT2D eigenvalue weighted by Crippen LogP contribution is 2.29. The van der Waals surface area contributed by atoms with Crippen LogP contribution in [0.4, 0.5) is 0 Å². The standard InChI is InChI=1S/C14H20BrNO3/c1-2-5-18-12-4-3-10(8-11(12)15)14(16)13-9-17-6-7-19-13/h3-4,8,13-14H,2,5-7,9,16H2,1H3. The summed E-state index contributed by atoms with van der Waals surface area (Å²) in [4.78, 5) is 0. The fourth-order valence-corrected chi connectivity index (χ4v) is 2.49. The zero-order valence-electron chi connectivity index (χ0n) is 11.1. The molecule has 1 saturated heterocycles. The van der Waals surface area contributed by atoms with Gasteiger partial charge in [0.15, 0.2) is 0 Å². The van der Waals surface area contributed by atoms with Crippen molar-refractivity contribution in [3.05, 3.63) is 28.2 Å². The topological polar surface area (TPSA) is 53.7 Å². The highest BCUT2D eigenvalue weighted by atomic mass is 79.9. The number of nitrogens with two attached hydrogens (primary N) is 1. The molecule has 1 aliphatic heterocycles. The third-order valence-corrected chi connectivity index (χ3v) is 3.66. The van der Waals surface area contributed by atoms with Crippen LogP contribution in [0.5, 0.6) is 5.75 Å². The lowest BCUT2D eigenvalue weighted by Crippen LogP contribution is -2.37. The number of hydrogen-bond donors (Lipinski definition) is 1. The Bertz CT molecular complexity index is 408. The summed E-state index contributed by atoms with van der Waals surface area (Å²) in [5, 5.41) is 0. The summed E-state index contributed by atoms with van der Waals surface area (Å²) < 4.78 is 17.6. The number of rotatable bonds is 5. The molecule has 1 fully saturated rings. The van der Waals surface area contributed by atoms with E-state index in [0.29, 0.717) is 26.4 Å². The van der Waals surface area contributed by atoms with E-state index in [9.17, 15) is 0 Å². The summed E-state index contributed by atoms with van der Waals surface area (Å²) >= 11 is 3.52. The molecule has 106 valence electrons. The van der Waals surface area contributed by atoms with E-state index in [2.05, 4.69) is 22.9 Å². The second kappa shape index (κ2) is 7.24. The van der Waals surface area contributed by atoms with Crippen LogP contribution in [0, 0.1) is 0 Å². The van der Waals surface area contributed by atoms with Crippen LogP contribution in [0.2, 0.25) is 0 Å². The minimum absolute atomic E-state index is 0.0805. The average molecular weight is 330 g/mol. The predicted octanol–water partition coefficient (Wildman–Crippen LogP) is 2.65. The van der Waals surface area contributed by atoms with Gasteiger partial charge < -0.3 is 19.9 Å². The Morgan fingerprint density at radius 1 is 1.47 bits per heavy atom. The normalized spacial score (nSPS) is 21.1. The highest BCUT2D eigenvalue weighted by Gasteiger charge is 2.23. The average Bonchev–Trinajstić information content (AvgIpc) is 2.46. The Kier molecular flexibility index (Phi) is 5.63. The maximum absolute atomic E-state index is 6.22. The van der Waals surface area contributed by atoms with Gasteiger partial charge in [0, 0.05) is 0 Å². The maximum atomic E-state index is 6.22. The van der Waals surface area contributed by atoms with E-state index in [1.807, 2.05) is 18.2 Å². The van der Waals surface area contributed by atoms with Gasteiger partial charge in [-0.05, 0) is 40.0 Å². The molecule has 0 radical (unpaired) electrons. The van der Waals surface area contributed by atoms with E-state index in [4.69, 9.17) is 19.9 Å². The summed E-state index contributed by atoms with van der Waals surface area (Å²) in [7, 11) is 0. The second-order valence-electron chi connectivity index (χ2n) is 4.55. The molecule has 5 heteroatoms. The first-order chi connectivity index (χ1) is 9.22. The van der Waals surface area contributed by atoms with Crippen molar-refractivity contribution in [3.8, 4) is 5.75 Å². The van der Waals surface area contributed by atoms with Crippen LogP contribution in [0.15, 0.2) is 22.7 Å². The number of hydrogen-bond acceptors (Lipinski definition) is 4. The molecule has 0 amide bonds. The van der Waals surface area contributed by atoms with E-state index in [1.165, 1.54) is 0 Å². The van der Waals surface area contributed by atoms with Crippen molar-refractivity contribution < 1.29 is 14.2 Å². The van der Waals surface area contributed by atoms with Gasteiger partial charge >= 0.3 is 0 Å². The van der Waals surface area contributed by atoms with Crippen molar-refractivity contribution in [2.24, 2.45) is 5.73 Å². The first kappa shape index (κ1) is 14.8. The van der Waals surface area contributed by atoms with Gasteiger partial charge in [0.05, 0.1) is 36.9 Å². The van der Waals surface area contributed by atoms with E-state index in [-0.39, 0.29) is 12.1 Å².